The maximum absolute atomic E-state index is 11.6. The first-order valence-corrected chi connectivity index (χ1v) is 6.19. The number of anilines is 1. The van der Waals surface area contributed by atoms with Gasteiger partial charge in [-0.1, -0.05) is 0 Å². The molecule has 0 aromatic carbocycles. The lowest BCUT2D eigenvalue weighted by Gasteiger charge is -2.19. The van der Waals surface area contributed by atoms with Crippen molar-refractivity contribution in [1.82, 2.24) is 10.3 Å². The highest BCUT2D eigenvalue weighted by molar-refractivity contribution is 14.1. The quantitative estimate of drug-likeness (QED) is 0.853. The molecule has 1 aromatic rings. The van der Waals surface area contributed by atoms with E-state index in [1.807, 2.05) is 37.9 Å². The van der Waals surface area contributed by atoms with E-state index in [9.17, 15) is 4.79 Å². The smallest absolute Gasteiger partial charge is 0.239 e. The van der Waals surface area contributed by atoms with Crippen molar-refractivity contribution in [2.24, 2.45) is 0 Å². The number of hydrogen-bond donors (Lipinski definition) is 1. The highest BCUT2D eigenvalue weighted by Gasteiger charge is 2.11. The third-order valence-electron chi connectivity index (χ3n) is 1.93. The Morgan fingerprint density at radius 1 is 1.62 bits per heavy atom. The molecule has 0 spiro atoms. The fraction of sp³-hybridized carbons (Fsp3) is 0.455. The maximum atomic E-state index is 11.6. The predicted molar refractivity (Wildman–Crippen MR) is 73.5 cm³/mol. The summed E-state index contributed by atoms with van der Waals surface area (Å²) in [6, 6.07) is 4.02. The molecule has 0 radical (unpaired) electrons. The lowest BCUT2D eigenvalue weighted by Crippen LogP contribution is -2.39. The van der Waals surface area contributed by atoms with Gasteiger partial charge in [0.1, 0.15) is 5.82 Å². The molecule has 0 atom stereocenters. The molecule has 5 heteroatoms. The summed E-state index contributed by atoms with van der Waals surface area (Å²) >= 11 is 2.21. The van der Waals surface area contributed by atoms with Gasteiger partial charge in [0, 0.05) is 19.3 Å². The minimum absolute atomic E-state index is 0.0129. The Morgan fingerprint density at radius 3 is 2.88 bits per heavy atom. The van der Waals surface area contributed by atoms with Crippen molar-refractivity contribution in [2.75, 3.05) is 18.5 Å². The van der Waals surface area contributed by atoms with E-state index in [1.165, 1.54) is 0 Å². The molecule has 0 bridgehead atoms. The lowest BCUT2D eigenvalue weighted by atomic mass is 10.3. The van der Waals surface area contributed by atoms with Crippen LogP contribution in [0.15, 0.2) is 18.3 Å². The topological polar surface area (TPSA) is 45.2 Å². The number of amides is 1. The number of halogens is 1. The van der Waals surface area contributed by atoms with Crippen LogP contribution < -0.4 is 10.2 Å². The summed E-state index contributed by atoms with van der Waals surface area (Å²) in [6.07, 6.45) is 1.73. The van der Waals surface area contributed by atoms with Gasteiger partial charge in [-0.25, -0.2) is 4.98 Å². The number of aromatic nitrogens is 1. The van der Waals surface area contributed by atoms with Crippen molar-refractivity contribution in [1.29, 1.82) is 0 Å². The zero-order valence-corrected chi connectivity index (χ0v) is 11.9. The van der Waals surface area contributed by atoms with Gasteiger partial charge in [0.15, 0.2) is 0 Å². The van der Waals surface area contributed by atoms with E-state index in [1.54, 1.807) is 6.20 Å². The number of rotatable bonds is 4. The number of pyridine rings is 1. The molecular formula is C11H16IN3O. The number of hydrogen-bond acceptors (Lipinski definition) is 3. The van der Waals surface area contributed by atoms with Crippen LogP contribution >= 0.6 is 22.6 Å². The van der Waals surface area contributed by atoms with E-state index in [2.05, 4.69) is 32.9 Å². The predicted octanol–water partition coefficient (Wildman–Crippen LogP) is 1.65. The first kappa shape index (κ1) is 13.2. The molecule has 1 aromatic heterocycles. The largest absolute Gasteiger partial charge is 0.352 e. The van der Waals surface area contributed by atoms with Gasteiger partial charge in [-0.05, 0) is 48.6 Å². The van der Waals surface area contributed by atoms with E-state index < -0.39 is 0 Å². The second-order valence-electron chi connectivity index (χ2n) is 3.89. The Balaban J connectivity index is 2.62. The molecule has 4 nitrogen and oxygen atoms in total. The van der Waals surface area contributed by atoms with Crippen molar-refractivity contribution in [3.63, 3.8) is 0 Å². The molecule has 16 heavy (non-hydrogen) atoms. The number of likely N-dealkylation sites (N-methyl/N-ethyl adjacent to an activating group) is 1. The Kier molecular flexibility index (Phi) is 4.98. The van der Waals surface area contributed by atoms with E-state index in [4.69, 9.17) is 0 Å². The molecule has 1 rings (SSSR count). The van der Waals surface area contributed by atoms with E-state index in [-0.39, 0.29) is 11.9 Å². The Morgan fingerprint density at radius 2 is 2.31 bits per heavy atom. The highest BCUT2D eigenvalue weighted by atomic mass is 127. The third-order valence-corrected chi connectivity index (χ3v) is 2.77. The number of carbonyl (C=O) groups is 1. The zero-order chi connectivity index (χ0) is 12.1. The summed E-state index contributed by atoms with van der Waals surface area (Å²) in [6.45, 7) is 4.22. The molecular weight excluding hydrogens is 317 g/mol. The normalized spacial score (nSPS) is 10.3. The molecule has 1 amide bonds. The first-order chi connectivity index (χ1) is 7.50. The average Bonchev–Trinajstić information content (AvgIpc) is 2.16. The summed E-state index contributed by atoms with van der Waals surface area (Å²) in [4.78, 5) is 17.7. The number of carbonyl (C=O) groups excluding carboxylic acids is 1. The molecule has 1 N–H and O–H groups in total. The van der Waals surface area contributed by atoms with Crippen LogP contribution in [0.4, 0.5) is 5.82 Å². The van der Waals surface area contributed by atoms with Crippen LogP contribution in [0.5, 0.6) is 0 Å². The Bertz CT molecular complexity index is 368. The van der Waals surface area contributed by atoms with Gasteiger partial charge in [-0.15, -0.1) is 0 Å². The van der Waals surface area contributed by atoms with Crippen LogP contribution in [0.3, 0.4) is 0 Å². The molecule has 0 aliphatic carbocycles. The second-order valence-corrected chi connectivity index (χ2v) is 5.05. The van der Waals surface area contributed by atoms with Gasteiger partial charge in [0.05, 0.1) is 10.1 Å². The summed E-state index contributed by atoms with van der Waals surface area (Å²) in [5.41, 5.74) is 0. The van der Waals surface area contributed by atoms with Crippen molar-refractivity contribution in [3.05, 3.63) is 21.9 Å². The van der Waals surface area contributed by atoms with Crippen molar-refractivity contribution in [3.8, 4) is 0 Å². The van der Waals surface area contributed by atoms with Gasteiger partial charge < -0.3 is 10.2 Å². The monoisotopic (exact) mass is 333 g/mol. The minimum atomic E-state index is 0.0129. The fourth-order valence-electron chi connectivity index (χ4n) is 1.32. The first-order valence-electron chi connectivity index (χ1n) is 5.11. The second kappa shape index (κ2) is 6.03. The standard InChI is InChI=1S/C11H16IN3O/c1-8(2)14-10(16)7-15(3)11-9(12)5-4-6-13-11/h4-6,8H,7H2,1-3H3,(H,14,16). The highest BCUT2D eigenvalue weighted by Crippen LogP contribution is 2.16. The van der Waals surface area contributed by atoms with E-state index in [0.29, 0.717) is 6.54 Å². The van der Waals surface area contributed by atoms with Gasteiger partial charge in [0.25, 0.3) is 0 Å². The minimum Gasteiger partial charge on any atom is -0.352 e. The van der Waals surface area contributed by atoms with Crippen LogP contribution in [-0.4, -0.2) is 30.5 Å². The van der Waals surface area contributed by atoms with Crippen LogP contribution in [0.25, 0.3) is 0 Å². The summed E-state index contributed by atoms with van der Waals surface area (Å²) in [7, 11) is 1.87. The molecule has 88 valence electrons. The summed E-state index contributed by atoms with van der Waals surface area (Å²) in [5.74, 6) is 0.848. The van der Waals surface area contributed by atoms with E-state index in [0.717, 1.165) is 9.39 Å². The molecule has 0 saturated heterocycles. The number of nitrogens with zero attached hydrogens (tertiary/aromatic N) is 2. The van der Waals surface area contributed by atoms with Crippen LogP contribution in [0, 0.1) is 3.57 Å². The van der Waals surface area contributed by atoms with Gasteiger partial charge >= 0.3 is 0 Å². The molecule has 0 fully saturated rings. The lowest BCUT2D eigenvalue weighted by molar-refractivity contribution is -0.120. The SMILES string of the molecule is CC(C)NC(=O)CN(C)c1ncccc1I. The summed E-state index contributed by atoms with van der Waals surface area (Å²) in [5, 5.41) is 2.85. The van der Waals surface area contributed by atoms with Gasteiger partial charge in [-0.2, -0.15) is 0 Å². The van der Waals surface area contributed by atoms with Gasteiger partial charge in [0.2, 0.25) is 5.91 Å². The molecule has 0 aliphatic heterocycles. The zero-order valence-electron chi connectivity index (χ0n) is 9.70. The molecule has 0 aliphatic rings. The average molecular weight is 333 g/mol. The van der Waals surface area contributed by atoms with Crippen molar-refractivity contribution < 1.29 is 4.79 Å². The maximum Gasteiger partial charge on any atom is 0.239 e. The van der Waals surface area contributed by atoms with Crippen LogP contribution in [-0.2, 0) is 4.79 Å². The summed E-state index contributed by atoms with van der Waals surface area (Å²) < 4.78 is 1.04. The van der Waals surface area contributed by atoms with Crippen LogP contribution in [0.1, 0.15) is 13.8 Å². The molecule has 0 unspecified atom stereocenters. The number of nitrogens with one attached hydrogen (secondary N) is 1. The third kappa shape index (κ3) is 3.96. The van der Waals surface area contributed by atoms with Gasteiger partial charge in [-0.3, -0.25) is 4.79 Å². The molecule has 0 saturated carbocycles. The van der Waals surface area contributed by atoms with Crippen molar-refractivity contribution in [2.45, 2.75) is 19.9 Å². The van der Waals surface area contributed by atoms with E-state index >= 15 is 0 Å². The van der Waals surface area contributed by atoms with Crippen molar-refractivity contribution >= 4 is 34.3 Å². The Hall–Kier alpha value is -0.850. The van der Waals surface area contributed by atoms with Crippen LogP contribution in [0.2, 0.25) is 0 Å². The fourth-order valence-corrected chi connectivity index (χ4v) is 2.07. The molecule has 1 heterocycles. The Labute approximate surface area is 110 Å².